The maximum Gasteiger partial charge on any atom is 0.337 e. The Bertz CT molecular complexity index is 556. The molecule has 0 bridgehead atoms. The third kappa shape index (κ3) is 2.79. The molecule has 1 saturated carbocycles. The molecule has 2 saturated heterocycles. The normalized spacial score (nSPS) is 26.8. The summed E-state index contributed by atoms with van der Waals surface area (Å²) in [4.78, 5) is 78.3. The number of rotatable bonds is 4. The Balaban J connectivity index is 1.52. The van der Waals surface area contributed by atoms with Gasteiger partial charge < -0.3 is 9.68 Å². The summed E-state index contributed by atoms with van der Waals surface area (Å²) in [6.07, 6.45) is -0.00412. The molecular formula is C13H12N2O8. The van der Waals surface area contributed by atoms with Gasteiger partial charge in [-0.2, -0.15) is 0 Å². The molecule has 0 N–H and O–H groups in total. The van der Waals surface area contributed by atoms with Crippen LogP contribution in [0.5, 0.6) is 0 Å². The topological polar surface area (TPSA) is 127 Å². The van der Waals surface area contributed by atoms with Crippen LogP contribution in [0.2, 0.25) is 0 Å². The zero-order chi connectivity index (χ0) is 16.7. The van der Waals surface area contributed by atoms with E-state index in [1.54, 1.807) is 0 Å². The lowest BCUT2D eigenvalue weighted by molar-refractivity contribution is -0.202. The van der Waals surface area contributed by atoms with Crippen LogP contribution in [0.15, 0.2) is 0 Å². The average Bonchev–Trinajstić information content (AvgIpc) is 3.19. The summed E-state index contributed by atoms with van der Waals surface area (Å²) in [5.41, 5.74) is 0. The number of amides is 4. The second-order valence-corrected chi connectivity index (χ2v) is 5.43. The molecule has 0 radical (unpaired) electrons. The fraction of sp³-hybridized carbons (Fsp3) is 0.538. The van der Waals surface area contributed by atoms with E-state index in [9.17, 15) is 28.8 Å². The predicted molar refractivity (Wildman–Crippen MR) is 66.0 cm³/mol. The van der Waals surface area contributed by atoms with Crippen molar-refractivity contribution in [1.82, 2.24) is 10.1 Å². The lowest BCUT2D eigenvalue weighted by Crippen LogP contribution is -2.34. The molecule has 23 heavy (non-hydrogen) atoms. The summed E-state index contributed by atoms with van der Waals surface area (Å²) < 4.78 is 0. The maximum absolute atomic E-state index is 11.8. The van der Waals surface area contributed by atoms with E-state index < -0.39 is 47.4 Å². The first-order chi connectivity index (χ1) is 10.9. The van der Waals surface area contributed by atoms with Gasteiger partial charge in [0.2, 0.25) is 0 Å². The predicted octanol–water partition coefficient (Wildman–Crippen LogP) is -1.16. The largest absolute Gasteiger partial charge is 0.337 e. The first kappa shape index (κ1) is 15.1. The Morgan fingerprint density at radius 2 is 1.00 bits per heavy atom. The van der Waals surface area contributed by atoms with Crippen LogP contribution in [0, 0.1) is 11.8 Å². The summed E-state index contributed by atoms with van der Waals surface area (Å²) in [5.74, 6) is -5.97. The molecule has 0 aromatic heterocycles. The molecule has 1 aliphatic carbocycles. The summed E-state index contributed by atoms with van der Waals surface area (Å²) in [6, 6.07) is 0. The Hall–Kier alpha value is -2.78. The molecule has 3 rings (SSSR count). The number of imide groups is 2. The monoisotopic (exact) mass is 324 g/mol. The summed E-state index contributed by atoms with van der Waals surface area (Å²) in [6.45, 7) is 0. The molecule has 3 aliphatic rings. The van der Waals surface area contributed by atoms with E-state index >= 15 is 0 Å². The molecule has 3 fully saturated rings. The minimum absolute atomic E-state index is 0.0264. The van der Waals surface area contributed by atoms with E-state index in [4.69, 9.17) is 9.68 Å². The minimum Gasteiger partial charge on any atom is -0.330 e. The van der Waals surface area contributed by atoms with Crippen molar-refractivity contribution in [2.75, 3.05) is 0 Å². The SMILES string of the molecule is O=C(ON1C(=O)CCC1=O)C1CC1C(=O)ON1C(=O)CCC1=O. The van der Waals surface area contributed by atoms with Crippen LogP contribution in [0.1, 0.15) is 32.1 Å². The number of carbonyl (C=O) groups excluding carboxylic acids is 6. The van der Waals surface area contributed by atoms with E-state index in [0.717, 1.165) is 0 Å². The van der Waals surface area contributed by atoms with Crippen molar-refractivity contribution >= 4 is 35.6 Å². The number of nitrogens with zero attached hydrogens (tertiary/aromatic N) is 2. The molecule has 0 aromatic rings. The fourth-order valence-corrected chi connectivity index (χ4v) is 2.35. The van der Waals surface area contributed by atoms with Gasteiger partial charge in [-0.3, -0.25) is 19.2 Å². The van der Waals surface area contributed by atoms with Crippen LogP contribution in [-0.4, -0.2) is 45.7 Å². The Morgan fingerprint density at radius 3 is 1.30 bits per heavy atom. The highest BCUT2D eigenvalue weighted by molar-refractivity contribution is 6.03. The van der Waals surface area contributed by atoms with Gasteiger partial charge in [-0.25, -0.2) is 9.59 Å². The molecule has 0 aromatic carbocycles. The van der Waals surface area contributed by atoms with Crippen molar-refractivity contribution in [2.45, 2.75) is 32.1 Å². The number of carbonyl (C=O) groups is 6. The van der Waals surface area contributed by atoms with Crippen LogP contribution in [-0.2, 0) is 38.4 Å². The van der Waals surface area contributed by atoms with E-state index in [0.29, 0.717) is 10.1 Å². The highest BCUT2D eigenvalue weighted by atomic mass is 16.7. The Kier molecular flexibility index (Phi) is 3.58. The Morgan fingerprint density at radius 1 is 0.696 bits per heavy atom. The van der Waals surface area contributed by atoms with Crippen molar-refractivity contribution in [2.24, 2.45) is 11.8 Å². The van der Waals surface area contributed by atoms with Gasteiger partial charge >= 0.3 is 11.9 Å². The zero-order valence-corrected chi connectivity index (χ0v) is 11.9. The fourth-order valence-electron chi connectivity index (χ4n) is 2.35. The number of hydrogen-bond donors (Lipinski definition) is 0. The van der Waals surface area contributed by atoms with Crippen LogP contribution >= 0.6 is 0 Å². The third-order valence-electron chi connectivity index (χ3n) is 3.77. The van der Waals surface area contributed by atoms with E-state index in [-0.39, 0.29) is 32.1 Å². The molecule has 2 unspecified atom stereocenters. The molecule has 10 nitrogen and oxygen atoms in total. The maximum atomic E-state index is 11.8. The van der Waals surface area contributed by atoms with Crippen molar-refractivity contribution in [3.63, 3.8) is 0 Å². The molecular weight excluding hydrogens is 312 g/mol. The molecule has 122 valence electrons. The first-order valence-corrected chi connectivity index (χ1v) is 7.03. The molecule has 10 heteroatoms. The highest BCUT2D eigenvalue weighted by Crippen LogP contribution is 2.41. The van der Waals surface area contributed by atoms with Gasteiger partial charge in [0.25, 0.3) is 23.6 Å². The second-order valence-electron chi connectivity index (χ2n) is 5.43. The standard InChI is InChI=1S/C13H12N2O8/c16-8-1-2-9(17)14(8)22-12(20)6-5-7(6)13(21)23-15-10(18)3-4-11(15)19/h6-7H,1-5H2. The van der Waals surface area contributed by atoms with Crippen molar-refractivity contribution in [3.05, 3.63) is 0 Å². The number of hydrogen-bond acceptors (Lipinski definition) is 8. The number of hydroxylamine groups is 4. The lowest BCUT2D eigenvalue weighted by Gasteiger charge is -2.13. The van der Waals surface area contributed by atoms with Crippen LogP contribution in [0.3, 0.4) is 0 Å². The van der Waals surface area contributed by atoms with Crippen LogP contribution in [0.4, 0.5) is 0 Å². The van der Waals surface area contributed by atoms with Gasteiger partial charge in [-0.1, -0.05) is 0 Å². The third-order valence-corrected chi connectivity index (χ3v) is 3.77. The average molecular weight is 324 g/mol. The quantitative estimate of drug-likeness (QED) is 0.592. The van der Waals surface area contributed by atoms with Gasteiger partial charge in [-0.05, 0) is 6.42 Å². The Labute approximate surface area is 129 Å². The molecule has 0 spiro atoms. The minimum atomic E-state index is -0.894. The van der Waals surface area contributed by atoms with Crippen molar-refractivity contribution in [3.8, 4) is 0 Å². The molecule has 4 amide bonds. The molecule has 2 atom stereocenters. The van der Waals surface area contributed by atoms with E-state index in [1.807, 2.05) is 0 Å². The summed E-state index contributed by atoms with van der Waals surface area (Å²) in [5, 5.41) is 0.799. The van der Waals surface area contributed by atoms with Gasteiger partial charge in [0.15, 0.2) is 0 Å². The molecule has 2 heterocycles. The summed E-state index contributed by atoms with van der Waals surface area (Å²) >= 11 is 0. The lowest BCUT2D eigenvalue weighted by atomic mass is 10.3. The molecule has 2 aliphatic heterocycles. The van der Waals surface area contributed by atoms with E-state index in [1.165, 1.54) is 0 Å². The smallest absolute Gasteiger partial charge is 0.330 e. The van der Waals surface area contributed by atoms with Gasteiger partial charge in [-0.15, -0.1) is 10.1 Å². The zero-order valence-electron chi connectivity index (χ0n) is 11.9. The highest BCUT2D eigenvalue weighted by Gasteiger charge is 2.53. The second kappa shape index (κ2) is 5.45. The van der Waals surface area contributed by atoms with Crippen molar-refractivity contribution < 1.29 is 38.4 Å². The van der Waals surface area contributed by atoms with Gasteiger partial charge in [0.05, 0.1) is 11.8 Å². The van der Waals surface area contributed by atoms with Crippen molar-refractivity contribution in [1.29, 1.82) is 0 Å². The first-order valence-electron chi connectivity index (χ1n) is 7.03. The van der Waals surface area contributed by atoms with Gasteiger partial charge in [0, 0.05) is 25.7 Å². The van der Waals surface area contributed by atoms with Crippen LogP contribution in [0.25, 0.3) is 0 Å². The van der Waals surface area contributed by atoms with Crippen LogP contribution < -0.4 is 0 Å². The summed E-state index contributed by atoms with van der Waals surface area (Å²) in [7, 11) is 0. The van der Waals surface area contributed by atoms with Gasteiger partial charge in [0.1, 0.15) is 0 Å². The van der Waals surface area contributed by atoms with E-state index in [2.05, 4.69) is 0 Å².